The zero-order chi connectivity index (χ0) is 18.2. The molecule has 2 saturated heterocycles. The van der Waals surface area contributed by atoms with Crippen molar-refractivity contribution < 1.29 is 4.74 Å². The van der Waals surface area contributed by atoms with Gasteiger partial charge < -0.3 is 15.4 Å². The SMILES string of the molecule is CCNC(=NCC1CCN(Cc2csc(C)n2)CC1)NCC1CCCO1. The predicted molar refractivity (Wildman–Crippen MR) is 108 cm³/mol. The van der Waals surface area contributed by atoms with Crippen LogP contribution in [0.2, 0.25) is 0 Å². The minimum atomic E-state index is 0.344. The molecule has 0 spiro atoms. The van der Waals surface area contributed by atoms with E-state index in [4.69, 9.17) is 9.73 Å². The summed E-state index contributed by atoms with van der Waals surface area (Å²) in [7, 11) is 0. The second kappa shape index (κ2) is 10.2. The lowest BCUT2D eigenvalue weighted by molar-refractivity contribution is 0.113. The van der Waals surface area contributed by atoms with Crippen molar-refractivity contribution in [3.63, 3.8) is 0 Å². The van der Waals surface area contributed by atoms with E-state index in [1.165, 1.54) is 25.0 Å². The first-order valence-electron chi connectivity index (χ1n) is 10.00. The Labute approximate surface area is 161 Å². The molecule has 7 heteroatoms. The third kappa shape index (κ3) is 6.21. The van der Waals surface area contributed by atoms with E-state index in [1.807, 2.05) is 0 Å². The van der Waals surface area contributed by atoms with Gasteiger partial charge in [-0.3, -0.25) is 9.89 Å². The number of aryl methyl sites for hydroxylation is 1. The van der Waals surface area contributed by atoms with Crippen molar-refractivity contribution in [2.24, 2.45) is 10.9 Å². The van der Waals surface area contributed by atoms with Crippen molar-refractivity contribution in [3.8, 4) is 0 Å². The largest absolute Gasteiger partial charge is 0.376 e. The standard InChI is InChI=1S/C19H33N5OS/c1-3-20-19(22-12-18-5-4-10-25-18)21-11-16-6-8-24(9-7-16)13-17-14-26-15(2)23-17/h14,16,18H,3-13H2,1-2H3,(H2,20,21,22). The van der Waals surface area contributed by atoms with Crippen molar-refractivity contribution >= 4 is 17.3 Å². The number of aliphatic imine (C=N–C) groups is 1. The van der Waals surface area contributed by atoms with Crippen molar-refractivity contribution in [3.05, 3.63) is 16.1 Å². The van der Waals surface area contributed by atoms with Gasteiger partial charge in [0.25, 0.3) is 0 Å². The molecule has 3 rings (SSSR count). The summed E-state index contributed by atoms with van der Waals surface area (Å²) in [6.07, 6.45) is 5.12. The first-order chi connectivity index (χ1) is 12.7. The van der Waals surface area contributed by atoms with Crippen LogP contribution in [0.4, 0.5) is 0 Å². The maximum Gasteiger partial charge on any atom is 0.191 e. The fourth-order valence-corrected chi connectivity index (χ4v) is 4.22. The third-order valence-corrected chi connectivity index (χ3v) is 5.95. The number of nitrogens with one attached hydrogen (secondary N) is 2. The molecule has 2 fully saturated rings. The van der Waals surface area contributed by atoms with Gasteiger partial charge in [0.2, 0.25) is 0 Å². The van der Waals surface area contributed by atoms with E-state index in [1.54, 1.807) is 11.3 Å². The summed E-state index contributed by atoms with van der Waals surface area (Å²) in [5.74, 6) is 1.62. The number of thiazole rings is 1. The van der Waals surface area contributed by atoms with Gasteiger partial charge in [-0.15, -0.1) is 11.3 Å². The van der Waals surface area contributed by atoms with Crippen LogP contribution in [0.15, 0.2) is 10.4 Å². The Morgan fingerprint density at radius 2 is 2.19 bits per heavy atom. The summed E-state index contributed by atoms with van der Waals surface area (Å²) >= 11 is 1.74. The Balaban J connectivity index is 1.39. The van der Waals surface area contributed by atoms with E-state index in [9.17, 15) is 0 Å². The fourth-order valence-electron chi connectivity index (χ4n) is 3.62. The van der Waals surface area contributed by atoms with E-state index in [2.05, 4.69) is 39.7 Å². The number of ether oxygens (including phenoxy) is 1. The minimum Gasteiger partial charge on any atom is -0.376 e. The van der Waals surface area contributed by atoms with E-state index in [0.29, 0.717) is 12.0 Å². The molecular weight excluding hydrogens is 346 g/mol. The molecule has 2 aliphatic rings. The van der Waals surface area contributed by atoms with Crippen LogP contribution in [-0.4, -0.2) is 61.3 Å². The Morgan fingerprint density at radius 3 is 2.85 bits per heavy atom. The van der Waals surface area contributed by atoms with Crippen molar-refractivity contribution in [1.29, 1.82) is 0 Å². The first kappa shape index (κ1) is 19.6. The van der Waals surface area contributed by atoms with Crippen LogP contribution >= 0.6 is 11.3 Å². The van der Waals surface area contributed by atoms with Crippen LogP contribution in [0.25, 0.3) is 0 Å². The Hall–Kier alpha value is -1.18. The van der Waals surface area contributed by atoms with E-state index in [0.717, 1.165) is 63.3 Å². The van der Waals surface area contributed by atoms with Gasteiger partial charge in [0, 0.05) is 38.2 Å². The van der Waals surface area contributed by atoms with Gasteiger partial charge in [-0.2, -0.15) is 0 Å². The average molecular weight is 380 g/mol. The number of hydrogen-bond donors (Lipinski definition) is 2. The fraction of sp³-hybridized carbons (Fsp3) is 0.789. The summed E-state index contributed by atoms with van der Waals surface area (Å²) in [4.78, 5) is 11.9. The van der Waals surface area contributed by atoms with Crippen LogP contribution in [-0.2, 0) is 11.3 Å². The van der Waals surface area contributed by atoms with Gasteiger partial charge in [-0.1, -0.05) is 0 Å². The molecule has 146 valence electrons. The maximum atomic E-state index is 5.68. The highest BCUT2D eigenvalue weighted by molar-refractivity contribution is 7.09. The van der Waals surface area contributed by atoms with E-state index in [-0.39, 0.29) is 0 Å². The zero-order valence-electron chi connectivity index (χ0n) is 16.2. The molecule has 0 aromatic carbocycles. The molecule has 2 aliphatic heterocycles. The lowest BCUT2D eigenvalue weighted by Gasteiger charge is -2.30. The Kier molecular flexibility index (Phi) is 7.70. The van der Waals surface area contributed by atoms with Crippen LogP contribution in [0, 0.1) is 12.8 Å². The number of hydrogen-bond acceptors (Lipinski definition) is 5. The number of rotatable bonds is 7. The second-order valence-electron chi connectivity index (χ2n) is 7.31. The molecule has 2 N–H and O–H groups in total. The van der Waals surface area contributed by atoms with E-state index >= 15 is 0 Å². The first-order valence-corrected chi connectivity index (χ1v) is 10.9. The molecule has 0 bridgehead atoms. The van der Waals surface area contributed by atoms with Crippen LogP contribution in [0.3, 0.4) is 0 Å². The molecule has 0 aliphatic carbocycles. The minimum absolute atomic E-state index is 0.344. The molecule has 26 heavy (non-hydrogen) atoms. The third-order valence-electron chi connectivity index (χ3n) is 5.13. The van der Waals surface area contributed by atoms with Crippen LogP contribution < -0.4 is 10.6 Å². The maximum absolute atomic E-state index is 5.68. The molecule has 3 heterocycles. The number of piperidine rings is 1. The summed E-state index contributed by atoms with van der Waals surface area (Å²) in [6, 6.07) is 0. The normalized spacial score (nSPS) is 22.7. The Morgan fingerprint density at radius 1 is 1.35 bits per heavy atom. The molecule has 6 nitrogen and oxygen atoms in total. The quantitative estimate of drug-likeness (QED) is 0.563. The van der Waals surface area contributed by atoms with Crippen LogP contribution in [0.5, 0.6) is 0 Å². The molecule has 1 aromatic heterocycles. The molecule has 1 unspecified atom stereocenters. The number of guanidine groups is 1. The van der Waals surface area contributed by atoms with Crippen molar-refractivity contribution in [2.75, 3.05) is 39.3 Å². The molecular formula is C19H33N5OS. The highest BCUT2D eigenvalue weighted by atomic mass is 32.1. The van der Waals surface area contributed by atoms with Crippen LogP contribution in [0.1, 0.15) is 43.3 Å². The lowest BCUT2D eigenvalue weighted by atomic mass is 9.97. The lowest BCUT2D eigenvalue weighted by Crippen LogP contribution is -2.41. The number of nitrogens with zero attached hydrogens (tertiary/aromatic N) is 3. The van der Waals surface area contributed by atoms with E-state index < -0.39 is 0 Å². The number of likely N-dealkylation sites (tertiary alicyclic amines) is 1. The van der Waals surface area contributed by atoms with Gasteiger partial charge in [-0.05, 0) is 58.5 Å². The van der Waals surface area contributed by atoms with Gasteiger partial charge in [0.1, 0.15) is 0 Å². The topological polar surface area (TPSA) is 61.8 Å². The van der Waals surface area contributed by atoms with Gasteiger partial charge in [0.15, 0.2) is 5.96 Å². The zero-order valence-corrected chi connectivity index (χ0v) is 17.0. The van der Waals surface area contributed by atoms with Crippen molar-refractivity contribution in [1.82, 2.24) is 20.5 Å². The van der Waals surface area contributed by atoms with Gasteiger partial charge in [0.05, 0.1) is 16.8 Å². The van der Waals surface area contributed by atoms with Gasteiger partial charge in [-0.25, -0.2) is 4.98 Å². The highest BCUT2D eigenvalue weighted by Crippen LogP contribution is 2.20. The molecule has 0 amide bonds. The highest BCUT2D eigenvalue weighted by Gasteiger charge is 2.20. The Bertz CT molecular complexity index is 562. The number of aromatic nitrogens is 1. The molecule has 1 aromatic rings. The van der Waals surface area contributed by atoms with Gasteiger partial charge >= 0.3 is 0 Å². The predicted octanol–water partition coefficient (Wildman–Crippen LogP) is 2.40. The summed E-state index contributed by atoms with van der Waals surface area (Å²) < 4.78 is 5.68. The summed E-state index contributed by atoms with van der Waals surface area (Å²) in [5.41, 5.74) is 1.22. The second-order valence-corrected chi connectivity index (χ2v) is 8.38. The smallest absolute Gasteiger partial charge is 0.191 e. The molecule has 0 radical (unpaired) electrons. The average Bonchev–Trinajstić information content (AvgIpc) is 3.30. The molecule has 1 atom stereocenters. The molecule has 0 saturated carbocycles. The summed E-state index contributed by atoms with van der Waals surface area (Å²) in [6.45, 7) is 11.0. The van der Waals surface area contributed by atoms with Crippen molar-refractivity contribution in [2.45, 2.75) is 52.2 Å². The monoisotopic (exact) mass is 379 g/mol. The summed E-state index contributed by atoms with van der Waals surface area (Å²) in [5, 5.41) is 10.1.